The van der Waals surface area contributed by atoms with E-state index < -0.39 is 37.3 Å². The Morgan fingerprint density at radius 3 is 2.18 bits per heavy atom. The van der Waals surface area contributed by atoms with Crippen molar-refractivity contribution in [3.05, 3.63) is 88.4 Å². The van der Waals surface area contributed by atoms with Crippen molar-refractivity contribution >= 4 is 27.3 Å². The standard InChI is InChI=1S/C28H29BrN2O7/c1-36-20-12-8-19(9-13-20)31-23(14-22(30-31)16-2-6-18(29)7-3-16)17-4-10-21(11-5-17)37-28-27(35)26(34)25(33)24(15-32)38-28/h2-13,23-28,32-35H,14-15H2,1H3/t23?,24-,25-,26-,27-,28-/m1/s1. The molecule has 0 spiro atoms. The summed E-state index contributed by atoms with van der Waals surface area (Å²) in [5.41, 5.74) is 3.92. The smallest absolute Gasteiger partial charge is 0.229 e. The second kappa shape index (κ2) is 11.4. The van der Waals surface area contributed by atoms with E-state index in [1.54, 1.807) is 19.2 Å². The topological polar surface area (TPSA) is 124 Å². The molecule has 9 nitrogen and oxygen atoms in total. The van der Waals surface area contributed by atoms with E-state index in [0.29, 0.717) is 12.2 Å². The summed E-state index contributed by atoms with van der Waals surface area (Å²) in [6.45, 7) is -0.521. The van der Waals surface area contributed by atoms with Crippen molar-refractivity contribution in [2.75, 3.05) is 18.7 Å². The Hall–Kier alpha value is -2.99. The molecule has 4 N–H and O–H groups in total. The Morgan fingerprint density at radius 2 is 1.55 bits per heavy atom. The molecule has 2 aliphatic heterocycles. The van der Waals surface area contributed by atoms with E-state index in [4.69, 9.17) is 19.3 Å². The van der Waals surface area contributed by atoms with Gasteiger partial charge in [-0.2, -0.15) is 5.10 Å². The SMILES string of the molecule is COc1ccc(N2N=C(c3ccc(Br)cc3)CC2c2ccc(O[C@@H]3O[C@H](CO)[C@@H](O)[C@@H](O)[C@H]3O)cc2)cc1. The molecule has 0 bridgehead atoms. The van der Waals surface area contributed by atoms with E-state index in [2.05, 4.69) is 15.9 Å². The predicted molar refractivity (Wildman–Crippen MR) is 144 cm³/mol. The number of hydrogen-bond donors (Lipinski definition) is 4. The molecule has 3 aromatic rings. The first kappa shape index (κ1) is 26.6. The highest BCUT2D eigenvalue weighted by atomic mass is 79.9. The van der Waals surface area contributed by atoms with Gasteiger partial charge in [-0.15, -0.1) is 0 Å². The van der Waals surface area contributed by atoms with Gasteiger partial charge in [-0.05, 0) is 59.7 Å². The number of aliphatic hydroxyl groups is 4. The molecule has 0 aliphatic carbocycles. The van der Waals surface area contributed by atoms with Crippen LogP contribution in [0.25, 0.3) is 0 Å². The molecule has 3 aromatic carbocycles. The van der Waals surface area contributed by atoms with Gasteiger partial charge >= 0.3 is 0 Å². The molecule has 2 heterocycles. The van der Waals surface area contributed by atoms with Gasteiger partial charge in [0.25, 0.3) is 0 Å². The molecule has 0 radical (unpaired) electrons. The Morgan fingerprint density at radius 1 is 0.895 bits per heavy atom. The Balaban J connectivity index is 1.38. The molecule has 10 heteroatoms. The van der Waals surface area contributed by atoms with Gasteiger partial charge in [0, 0.05) is 10.9 Å². The van der Waals surface area contributed by atoms with E-state index in [0.717, 1.165) is 32.7 Å². The molecule has 38 heavy (non-hydrogen) atoms. The number of rotatable bonds is 7. The summed E-state index contributed by atoms with van der Waals surface area (Å²) in [6.07, 6.45) is -6.02. The lowest BCUT2D eigenvalue weighted by Gasteiger charge is -2.39. The third-order valence-electron chi connectivity index (χ3n) is 6.79. The zero-order chi connectivity index (χ0) is 26.8. The van der Waals surface area contributed by atoms with Crippen molar-refractivity contribution in [3.8, 4) is 11.5 Å². The molecule has 1 fully saturated rings. The summed E-state index contributed by atoms with van der Waals surface area (Å²) in [5.74, 6) is 1.16. The van der Waals surface area contributed by atoms with Crippen molar-refractivity contribution in [2.45, 2.75) is 43.2 Å². The number of anilines is 1. The number of hydrogen-bond acceptors (Lipinski definition) is 9. The number of methoxy groups -OCH3 is 1. The summed E-state index contributed by atoms with van der Waals surface area (Å²) in [4.78, 5) is 0. The van der Waals surface area contributed by atoms with Gasteiger partial charge in [0.2, 0.25) is 6.29 Å². The molecule has 200 valence electrons. The van der Waals surface area contributed by atoms with Crippen molar-refractivity contribution in [3.63, 3.8) is 0 Å². The molecule has 5 rings (SSSR count). The third kappa shape index (κ3) is 5.42. The Labute approximate surface area is 228 Å². The maximum atomic E-state index is 10.3. The van der Waals surface area contributed by atoms with Crippen LogP contribution in [0, 0.1) is 0 Å². The van der Waals surface area contributed by atoms with Gasteiger partial charge in [-0.25, -0.2) is 0 Å². The second-order valence-electron chi connectivity index (χ2n) is 9.20. The summed E-state index contributed by atoms with van der Waals surface area (Å²) in [5, 5.41) is 46.7. The molecule has 2 aliphatic rings. The highest BCUT2D eigenvalue weighted by Crippen LogP contribution is 2.38. The van der Waals surface area contributed by atoms with Crippen LogP contribution >= 0.6 is 15.9 Å². The van der Waals surface area contributed by atoms with Crippen LogP contribution in [-0.4, -0.2) is 70.6 Å². The Bertz CT molecular complexity index is 1250. The average Bonchev–Trinajstić information content (AvgIpc) is 3.39. The van der Waals surface area contributed by atoms with Gasteiger partial charge in [-0.1, -0.05) is 40.2 Å². The zero-order valence-corrected chi connectivity index (χ0v) is 22.2. The normalized spacial score (nSPS) is 27.2. The van der Waals surface area contributed by atoms with Crippen molar-refractivity contribution in [1.29, 1.82) is 0 Å². The van der Waals surface area contributed by atoms with Gasteiger partial charge in [0.15, 0.2) is 0 Å². The van der Waals surface area contributed by atoms with Gasteiger partial charge < -0.3 is 34.6 Å². The summed E-state index contributed by atoms with van der Waals surface area (Å²) < 4.78 is 17.5. The van der Waals surface area contributed by atoms with Crippen LogP contribution in [0.1, 0.15) is 23.6 Å². The average molecular weight is 585 g/mol. The molecular weight excluding hydrogens is 556 g/mol. The van der Waals surface area contributed by atoms with Crippen LogP contribution in [0.15, 0.2) is 82.4 Å². The largest absolute Gasteiger partial charge is 0.497 e. The van der Waals surface area contributed by atoms with Gasteiger partial charge in [0.1, 0.15) is 35.9 Å². The number of halogens is 1. The lowest BCUT2D eigenvalue weighted by Crippen LogP contribution is -2.60. The minimum absolute atomic E-state index is 0.0802. The zero-order valence-electron chi connectivity index (χ0n) is 20.6. The molecule has 6 atom stereocenters. The van der Waals surface area contributed by atoms with E-state index in [9.17, 15) is 20.4 Å². The quantitative estimate of drug-likeness (QED) is 0.334. The van der Waals surface area contributed by atoms with Crippen molar-refractivity contribution in [1.82, 2.24) is 0 Å². The van der Waals surface area contributed by atoms with Crippen LogP contribution < -0.4 is 14.5 Å². The predicted octanol–water partition coefficient (Wildman–Crippen LogP) is 2.99. The van der Waals surface area contributed by atoms with Crippen LogP contribution in [0.3, 0.4) is 0 Å². The maximum absolute atomic E-state index is 10.3. The minimum Gasteiger partial charge on any atom is -0.497 e. The van der Waals surface area contributed by atoms with Crippen LogP contribution in [0.4, 0.5) is 5.69 Å². The fourth-order valence-electron chi connectivity index (χ4n) is 4.63. The number of aliphatic hydroxyl groups excluding tert-OH is 4. The van der Waals surface area contributed by atoms with Gasteiger partial charge in [0.05, 0.1) is 31.2 Å². The summed E-state index contributed by atoms with van der Waals surface area (Å²) in [7, 11) is 1.63. The highest BCUT2D eigenvalue weighted by molar-refractivity contribution is 9.10. The van der Waals surface area contributed by atoms with Gasteiger partial charge in [-0.3, -0.25) is 5.01 Å². The van der Waals surface area contributed by atoms with Crippen LogP contribution in [0.5, 0.6) is 11.5 Å². The number of hydrazone groups is 1. The third-order valence-corrected chi connectivity index (χ3v) is 7.32. The fourth-order valence-corrected chi connectivity index (χ4v) is 4.89. The van der Waals surface area contributed by atoms with E-state index in [1.807, 2.05) is 65.7 Å². The molecule has 0 amide bonds. The first-order valence-corrected chi connectivity index (χ1v) is 13.0. The second-order valence-corrected chi connectivity index (χ2v) is 10.1. The molecule has 0 aromatic heterocycles. The van der Waals surface area contributed by atoms with E-state index in [-0.39, 0.29) is 6.04 Å². The lowest BCUT2D eigenvalue weighted by atomic mass is 9.98. The van der Waals surface area contributed by atoms with Crippen LogP contribution in [0.2, 0.25) is 0 Å². The maximum Gasteiger partial charge on any atom is 0.229 e. The number of nitrogens with zero attached hydrogens (tertiary/aromatic N) is 2. The van der Waals surface area contributed by atoms with E-state index >= 15 is 0 Å². The highest BCUT2D eigenvalue weighted by Gasteiger charge is 2.44. The van der Waals surface area contributed by atoms with Crippen molar-refractivity contribution < 1.29 is 34.6 Å². The molecule has 1 saturated heterocycles. The number of ether oxygens (including phenoxy) is 3. The summed E-state index contributed by atoms with van der Waals surface area (Å²) >= 11 is 3.49. The molecular formula is C28H29BrN2O7. The molecule has 1 unspecified atom stereocenters. The Kier molecular flexibility index (Phi) is 7.98. The lowest BCUT2D eigenvalue weighted by molar-refractivity contribution is -0.277. The van der Waals surface area contributed by atoms with Crippen LogP contribution in [-0.2, 0) is 4.74 Å². The first-order valence-electron chi connectivity index (χ1n) is 12.2. The van der Waals surface area contributed by atoms with E-state index in [1.165, 1.54) is 0 Å². The van der Waals surface area contributed by atoms with Crippen molar-refractivity contribution in [2.24, 2.45) is 5.10 Å². The first-order chi connectivity index (χ1) is 18.4. The number of benzene rings is 3. The fraction of sp³-hybridized carbons (Fsp3) is 0.321. The molecule has 0 saturated carbocycles. The summed E-state index contributed by atoms with van der Waals surface area (Å²) in [6, 6.07) is 23.1. The monoisotopic (exact) mass is 584 g/mol. The minimum atomic E-state index is -1.50.